The van der Waals surface area contributed by atoms with Crippen LogP contribution in [0.5, 0.6) is 5.75 Å². The van der Waals surface area contributed by atoms with E-state index in [2.05, 4.69) is 17.6 Å². The Labute approximate surface area is 153 Å². The van der Waals surface area contributed by atoms with Gasteiger partial charge in [-0.05, 0) is 60.7 Å². The molecular weight excluding hydrogens is 328 g/mol. The number of fused-ring (bicyclic) bond motifs is 1. The topological polar surface area (TPSA) is 67.4 Å². The SMILES string of the molecule is CCc1ccc(NC(=O)CCCOc2ccc3c(c2)CCC(=O)N3)cc1. The predicted molar refractivity (Wildman–Crippen MR) is 103 cm³/mol. The summed E-state index contributed by atoms with van der Waals surface area (Å²) >= 11 is 0. The number of rotatable bonds is 7. The molecule has 26 heavy (non-hydrogen) atoms. The zero-order valence-electron chi connectivity index (χ0n) is 15.0. The van der Waals surface area contributed by atoms with E-state index in [-0.39, 0.29) is 11.8 Å². The van der Waals surface area contributed by atoms with E-state index in [0.29, 0.717) is 25.9 Å². The Morgan fingerprint density at radius 3 is 2.73 bits per heavy atom. The molecule has 2 N–H and O–H groups in total. The average Bonchev–Trinajstić information content (AvgIpc) is 2.66. The summed E-state index contributed by atoms with van der Waals surface area (Å²) in [4.78, 5) is 23.4. The van der Waals surface area contributed by atoms with Gasteiger partial charge < -0.3 is 15.4 Å². The lowest BCUT2D eigenvalue weighted by Crippen LogP contribution is -2.18. The van der Waals surface area contributed by atoms with Crippen molar-refractivity contribution in [2.45, 2.75) is 39.0 Å². The molecule has 0 unspecified atom stereocenters. The molecule has 2 aromatic carbocycles. The zero-order chi connectivity index (χ0) is 18.4. The molecule has 0 fully saturated rings. The van der Waals surface area contributed by atoms with Crippen LogP contribution in [0.1, 0.15) is 37.3 Å². The summed E-state index contributed by atoms with van der Waals surface area (Å²) in [5.74, 6) is 0.822. The van der Waals surface area contributed by atoms with Crippen molar-refractivity contribution >= 4 is 23.2 Å². The van der Waals surface area contributed by atoms with Gasteiger partial charge in [0, 0.05) is 24.2 Å². The first-order chi connectivity index (χ1) is 12.6. The van der Waals surface area contributed by atoms with Crippen LogP contribution < -0.4 is 15.4 Å². The fraction of sp³-hybridized carbons (Fsp3) is 0.333. The van der Waals surface area contributed by atoms with Crippen LogP contribution in [0.4, 0.5) is 11.4 Å². The summed E-state index contributed by atoms with van der Waals surface area (Å²) in [6, 6.07) is 13.6. The molecule has 1 aliphatic rings. The first kappa shape index (κ1) is 18.0. The first-order valence-corrected chi connectivity index (χ1v) is 9.08. The molecule has 2 aromatic rings. The van der Waals surface area contributed by atoms with Crippen LogP contribution in [-0.2, 0) is 22.4 Å². The minimum atomic E-state index is -0.00833. The number of nitrogens with one attached hydrogen (secondary N) is 2. The highest BCUT2D eigenvalue weighted by Crippen LogP contribution is 2.26. The van der Waals surface area contributed by atoms with Gasteiger partial charge in [-0.1, -0.05) is 19.1 Å². The van der Waals surface area contributed by atoms with Gasteiger partial charge in [-0.3, -0.25) is 9.59 Å². The lowest BCUT2D eigenvalue weighted by atomic mass is 10.0. The van der Waals surface area contributed by atoms with Crippen LogP contribution in [0.25, 0.3) is 0 Å². The Morgan fingerprint density at radius 1 is 1.15 bits per heavy atom. The van der Waals surface area contributed by atoms with Gasteiger partial charge in [0.1, 0.15) is 5.75 Å². The van der Waals surface area contributed by atoms with Crippen LogP contribution in [-0.4, -0.2) is 18.4 Å². The lowest BCUT2D eigenvalue weighted by Gasteiger charge is -2.17. The second-order valence-corrected chi connectivity index (χ2v) is 6.42. The van der Waals surface area contributed by atoms with Gasteiger partial charge in [-0.15, -0.1) is 0 Å². The molecule has 136 valence electrons. The maximum Gasteiger partial charge on any atom is 0.224 e. The minimum Gasteiger partial charge on any atom is -0.494 e. The molecule has 0 bridgehead atoms. The highest BCUT2D eigenvalue weighted by atomic mass is 16.5. The fourth-order valence-corrected chi connectivity index (χ4v) is 2.92. The van der Waals surface area contributed by atoms with Gasteiger partial charge in [0.05, 0.1) is 6.61 Å². The first-order valence-electron chi connectivity index (χ1n) is 9.08. The molecule has 0 radical (unpaired) electrons. The molecule has 3 rings (SSSR count). The third kappa shape index (κ3) is 4.85. The molecule has 2 amide bonds. The monoisotopic (exact) mass is 352 g/mol. The van der Waals surface area contributed by atoms with Crippen molar-refractivity contribution in [2.24, 2.45) is 0 Å². The van der Waals surface area contributed by atoms with Crippen molar-refractivity contribution in [3.05, 3.63) is 53.6 Å². The molecule has 0 saturated heterocycles. The fourth-order valence-electron chi connectivity index (χ4n) is 2.92. The van der Waals surface area contributed by atoms with Gasteiger partial charge in [-0.25, -0.2) is 0 Å². The Kier molecular flexibility index (Phi) is 5.89. The largest absolute Gasteiger partial charge is 0.494 e. The molecule has 5 heteroatoms. The normalized spacial score (nSPS) is 12.9. The van der Waals surface area contributed by atoms with Crippen LogP contribution in [0.2, 0.25) is 0 Å². The Hall–Kier alpha value is -2.82. The summed E-state index contributed by atoms with van der Waals surface area (Å²) in [7, 11) is 0. The number of benzene rings is 2. The third-order valence-corrected chi connectivity index (χ3v) is 4.44. The van der Waals surface area contributed by atoms with Gasteiger partial charge in [-0.2, -0.15) is 0 Å². The minimum absolute atomic E-state index is 0.00833. The molecule has 1 heterocycles. The molecule has 0 saturated carbocycles. The van der Waals surface area contributed by atoms with Crippen LogP contribution in [0.3, 0.4) is 0 Å². The van der Waals surface area contributed by atoms with Gasteiger partial charge in [0.25, 0.3) is 0 Å². The van der Waals surface area contributed by atoms with E-state index in [4.69, 9.17) is 4.74 Å². The summed E-state index contributed by atoms with van der Waals surface area (Å²) in [6.45, 7) is 2.58. The van der Waals surface area contributed by atoms with E-state index >= 15 is 0 Å². The van der Waals surface area contributed by atoms with Crippen LogP contribution in [0.15, 0.2) is 42.5 Å². The standard InChI is InChI=1S/C21H24N2O3/c1-2-15-5-8-17(9-6-15)22-20(24)4-3-13-26-18-10-11-19-16(14-18)7-12-21(25)23-19/h5-6,8-11,14H,2-4,7,12-13H2,1H3,(H,22,24)(H,23,25). The third-order valence-electron chi connectivity index (χ3n) is 4.44. The molecule has 0 atom stereocenters. The zero-order valence-corrected chi connectivity index (χ0v) is 15.0. The molecule has 1 aliphatic heterocycles. The highest BCUT2D eigenvalue weighted by Gasteiger charge is 2.15. The van der Waals surface area contributed by atoms with Crippen molar-refractivity contribution in [2.75, 3.05) is 17.2 Å². The number of carbonyl (C=O) groups excluding carboxylic acids is 2. The molecule has 0 spiro atoms. The number of anilines is 2. The van der Waals surface area contributed by atoms with Crippen molar-refractivity contribution in [1.29, 1.82) is 0 Å². The Balaban J connectivity index is 1.41. The average molecular weight is 352 g/mol. The number of hydrogen-bond acceptors (Lipinski definition) is 3. The summed E-state index contributed by atoms with van der Waals surface area (Å²) in [6.07, 6.45) is 3.29. The van der Waals surface area contributed by atoms with Crippen molar-refractivity contribution < 1.29 is 14.3 Å². The number of aryl methyl sites for hydroxylation is 2. The summed E-state index contributed by atoms with van der Waals surface area (Å²) < 4.78 is 5.74. The van der Waals surface area contributed by atoms with Gasteiger partial charge >= 0.3 is 0 Å². The van der Waals surface area contributed by atoms with Crippen LogP contribution in [0, 0.1) is 0 Å². The van der Waals surface area contributed by atoms with E-state index in [9.17, 15) is 9.59 Å². The molecule has 5 nitrogen and oxygen atoms in total. The van der Waals surface area contributed by atoms with E-state index in [1.807, 2.05) is 42.5 Å². The quantitative estimate of drug-likeness (QED) is 0.742. The summed E-state index contributed by atoms with van der Waals surface area (Å²) in [5, 5.41) is 5.75. The number of ether oxygens (including phenoxy) is 1. The van der Waals surface area contributed by atoms with Gasteiger partial charge in [0.2, 0.25) is 11.8 Å². The summed E-state index contributed by atoms with van der Waals surface area (Å²) in [5.41, 5.74) is 4.03. The highest BCUT2D eigenvalue weighted by molar-refractivity contribution is 5.94. The lowest BCUT2D eigenvalue weighted by molar-refractivity contribution is -0.117. The predicted octanol–water partition coefficient (Wildman–Crippen LogP) is 3.93. The Bertz CT molecular complexity index is 784. The maximum atomic E-state index is 12.0. The molecular formula is C21H24N2O3. The maximum absolute atomic E-state index is 12.0. The van der Waals surface area contributed by atoms with Crippen LogP contribution >= 0.6 is 0 Å². The van der Waals surface area contributed by atoms with Gasteiger partial charge in [0.15, 0.2) is 0 Å². The van der Waals surface area contributed by atoms with E-state index < -0.39 is 0 Å². The van der Waals surface area contributed by atoms with E-state index in [1.54, 1.807) is 0 Å². The van der Waals surface area contributed by atoms with E-state index in [1.165, 1.54) is 5.56 Å². The second-order valence-electron chi connectivity index (χ2n) is 6.42. The van der Waals surface area contributed by atoms with Crippen molar-refractivity contribution in [1.82, 2.24) is 0 Å². The Morgan fingerprint density at radius 2 is 1.96 bits per heavy atom. The van der Waals surface area contributed by atoms with Crippen molar-refractivity contribution in [3.8, 4) is 5.75 Å². The molecule has 0 aromatic heterocycles. The van der Waals surface area contributed by atoms with Crippen molar-refractivity contribution in [3.63, 3.8) is 0 Å². The smallest absolute Gasteiger partial charge is 0.224 e. The number of carbonyl (C=O) groups is 2. The number of amides is 2. The number of hydrogen-bond donors (Lipinski definition) is 2. The molecule has 0 aliphatic carbocycles. The van der Waals surface area contributed by atoms with E-state index in [0.717, 1.165) is 35.5 Å². The second kappa shape index (κ2) is 8.52.